The van der Waals surface area contributed by atoms with Crippen molar-refractivity contribution in [3.05, 3.63) is 71.0 Å². The lowest BCUT2D eigenvalue weighted by molar-refractivity contribution is 0.970. The fourth-order valence-corrected chi connectivity index (χ4v) is 3.93. The third kappa shape index (κ3) is 2.61. The number of nitrogens with two attached hydrogens (primary N) is 1. The van der Waals surface area contributed by atoms with Gasteiger partial charge in [0, 0.05) is 22.8 Å². The molecule has 4 aromatic rings. The van der Waals surface area contributed by atoms with Gasteiger partial charge in [-0.15, -0.1) is 0 Å². The van der Waals surface area contributed by atoms with Gasteiger partial charge in [0.1, 0.15) is 0 Å². The van der Waals surface area contributed by atoms with Crippen molar-refractivity contribution in [2.45, 2.75) is 6.54 Å². The van der Waals surface area contributed by atoms with E-state index >= 15 is 0 Å². The number of imidazole rings is 1. The number of rotatable bonds is 3. The van der Waals surface area contributed by atoms with E-state index in [4.69, 9.17) is 10.7 Å². The number of fused-ring (bicyclic) bond motifs is 1. The summed E-state index contributed by atoms with van der Waals surface area (Å²) in [4.78, 5) is 6.99. The van der Waals surface area contributed by atoms with Gasteiger partial charge in [0.25, 0.3) is 0 Å². The fourth-order valence-electron chi connectivity index (χ4n) is 2.66. The lowest BCUT2D eigenvalue weighted by Gasteiger charge is -2.02. The maximum Gasteiger partial charge on any atom is 0.195 e. The van der Waals surface area contributed by atoms with Crippen LogP contribution in [0.4, 0.5) is 0 Å². The Morgan fingerprint density at radius 3 is 2.43 bits per heavy atom. The molecule has 2 aromatic heterocycles. The molecule has 3 nitrogen and oxygen atoms in total. The predicted molar refractivity (Wildman–Crippen MR) is 99.5 cm³/mol. The van der Waals surface area contributed by atoms with Crippen LogP contribution in [0.1, 0.15) is 5.69 Å². The van der Waals surface area contributed by atoms with Crippen LogP contribution in [0.5, 0.6) is 0 Å². The third-order valence-electron chi connectivity index (χ3n) is 3.79. The van der Waals surface area contributed by atoms with Gasteiger partial charge < -0.3 is 5.73 Å². The average molecular weight is 384 g/mol. The quantitative estimate of drug-likeness (QED) is 0.543. The first-order valence-corrected chi connectivity index (χ1v) is 8.89. The highest BCUT2D eigenvalue weighted by Crippen LogP contribution is 2.33. The van der Waals surface area contributed by atoms with Gasteiger partial charge in [0.05, 0.1) is 16.3 Å². The zero-order valence-corrected chi connectivity index (χ0v) is 14.6. The molecule has 0 spiro atoms. The number of thiazole rings is 1. The van der Waals surface area contributed by atoms with Crippen molar-refractivity contribution in [3.63, 3.8) is 0 Å². The fraction of sp³-hybridized carbons (Fsp3) is 0.0556. The Bertz CT molecular complexity index is 955. The van der Waals surface area contributed by atoms with Gasteiger partial charge in [-0.1, -0.05) is 69.7 Å². The molecule has 0 saturated carbocycles. The standard InChI is InChI=1S/C18H14BrN3S/c19-14-8-6-13(7-9-14)17-15(10-20)22-11-16(23-18(22)21-17)12-4-2-1-3-5-12/h1-9,11H,10,20H2. The first kappa shape index (κ1) is 14.6. The van der Waals surface area contributed by atoms with E-state index in [2.05, 4.69) is 62.9 Å². The van der Waals surface area contributed by atoms with E-state index in [1.54, 1.807) is 11.3 Å². The van der Waals surface area contributed by atoms with Crippen LogP contribution in [0, 0.1) is 0 Å². The molecule has 0 aliphatic carbocycles. The van der Waals surface area contributed by atoms with E-state index < -0.39 is 0 Å². The number of aromatic nitrogens is 2. The zero-order chi connectivity index (χ0) is 15.8. The molecule has 0 aliphatic rings. The molecule has 0 atom stereocenters. The molecule has 0 aliphatic heterocycles. The van der Waals surface area contributed by atoms with Gasteiger partial charge in [-0.2, -0.15) is 0 Å². The molecule has 4 rings (SSSR count). The van der Waals surface area contributed by atoms with E-state index in [-0.39, 0.29) is 0 Å². The smallest absolute Gasteiger partial charge is 0.195 e. The van der Waals surface area contributed by atoms with Crippen molar-refractivity contribution in [2.24, 2.45) is 5.73 Å². The highest BCUT2D eigenvalue weighted by atomic mass is 79.9. The summed E-state index contributed by atoms with van der Waals surface area (Å²) < 4.78 is 3.17. The van der Waals surface area contributed by atoms with Crippen LogP contribution in [0.25, 0.3) is 26.7 Å². The van der Waals surface area contributed by atoms with E-state index in [1.807, 2.05) is 18.2 Å². The third-order valence-corrected chi connectivity index (χ3v) is 5.35. The monoisotopic (exact) mass is 383 g/mol. The van der Waals surface area contributed by atoms with Crippen LogP contribution in [-0.2, 0) is 6.54 Å². The van der Waals surface area contributed by atoms with Crippen LogP contribution in [0.15, 0.2) is 65.3 Å². The van der Waals surface area contributed by atoms with Crippen molar-refractivity contribution in [3.8, 4) is 21.7 Å². The molecule has 2 heterocycles. The minimum Gasteiger partial charge on any atom is -0.325 e. The summed E-state index contributed by atoms with van der Waals surface area (Å²) in [7, 11) is 0. The number of halogens is 1. The van der Waals surface area contributed by atoms with Gasteiger partial charge in [-0.05, 0) is 17.7 Å². The Hall–Kier alpha value is -1.95. The van der Waals surface area contributed by atoms with Crippen molar-refractivity contribution < 1.29 is 0 Å². The largest absolute Gasteiger partial charge is 0.325 e. The summed E-state index contributed by atoms with van der Waals surface area (Å²) in [5.74, 6) is 0. The maximum atomic E-state index is 6.01. The molecular weight excluding hydrogens is 370 g/mol. The van der Waals surface area contributed by atoms with Crippen LogP contribution in [0.2, 0.25) is 0 Å². The second kappa shape index (κ2) is 5.92. The summed E-state index contributed by atoms with van der Waals surface area (Å²) in [6.07, 6.45) is 2.13. The number of nitrogens with zero attached hydrogens (tertiary/aromatic N) is 2. The molecule has 0 unspecified atom stereocenters. The lowest BCUT2D eigenvalue weighted by Crippen LogP contribution is -2.01. The van der Waals surface area contributed by atoms with Crippen molar-refractivity contribution >= 4 is 32.2 Å². The molecule has 0 fully saturated rings. The summed E-state index contributed by atoms with van der Waals surface area (Å²) >= 11 is 5.15. The number of hydrogen-bond acceptors (Lipinski definition) is 3. The number of benzene rings is 2. The van der Waals surface area contributed by atoms with Crippen LogP contribution in [-0.4, -0.2) is 9.38 Å². The lowest BCUT2D eigenvalue weighted by atomic mass is 10.1. The van der Waals surface area contributed by atoms with Gasteiger partial charge in [-0.3, -0.25) is 4.40 Å². The van der Waals surface area contributed by atoms with Gasteiger partial charge >= 0.3 is 0 Å². The Labute approximate surface area is 146 Å². The van der Waals surface area contributed by atoms with Crippen molar-refractivity contribution in [2.75, 3.05) is 0 Å². The minimum atomic E-state index is 0.456. The Balaban J connectivity index is 1.85. The topological polar surface area (TPSA) is 43.3 Å². The molecule has 0 saturated heterocycles. The van der Waals surface area contributed by atoms with E-state index in [0.29, 0.717) is 6.54 Å². The predicted octanol–water partition coefficient (Wildman–Crippen LogP) is 4.95. The molecule has 5 heteroatoms. The normalized spacial score (nSPS) is 11.2. The summed E-state index contributed by atoms with van der Waals surface area (Å²) in [5.41, 5.74) is 10.3. The highest BCUT2D eigenvalue weighted by molar-refractivity contribution is 9.10. The van der Waals surface area contributed by atoms with E-state index in [9.17, 15) is 0 Å². The second-order valence-electron chi connectivity index (χ2n) is 5.23. The first-order valence-electron chi connectivity index (χ1n) is 7.28. The van der Waals surface area contributed by atoms with Gasteiger partial charge in [0.15, 0.2) is 4.96 Å². The maximum absolute atomic E-state index is 6.01. The minimum absolute atomic E-state index is 0.456. The molecule has 2 N–H and O–H groups in total. The molecule has 0 amide bonds. The zero-order valence-electron chi connectivity index (χ0n) is 12.2. The van der Waals surface area contributed by atoms with E-state index in [0.717, 1.165) is 26.4 Å². The molecule has 2 aromatic carbocycles. The van der Waals surface area contributed by atoms with Crippen molar-refractivity contribution in [1.82, 2.24) is 9.38 Å². The summed E-state index contributed by atoms with van der Waals surface area (Å²) in [5, 5.41) is 0. The highest BCUT2D eigenvalue weighted by Gasteiger charge is 2.16. The summed E-state index contributed by atoms with van der Waals surface area (Å²) in [6, 6.07) is 18.5. The van der Waals surface area contributed by atoms with Gasteiger partial charge in [0.2, 0.25) is 0 Å². The Morgan fingerprint density at radius 2 is 1.74 bits per heavy atom. The Kier molecular flexibility index (Phi) is 3.77. The molecule has 0 bridgehead atoms. The molecule has 23 heavy (non-hydrogen) atoms. The summed E-state index contributed by atoms with van der Waals surface area (Å²) in [6.45, 7) is 0.456. The first-order chi connectivity index (χ1) is 11.3. The van der Waals surface area contributed by atoms with Crippen LogP contribution in [0.3, 0.4) is 0 Å². The van der Waals surface area contributed by atoms with E-state index in [1.165, 1.54) is 10.4 Å². The molecular formula is C18H14BrN3S. The van der Waals surface area contributed by atoms with Crippen LogP contribution < -0.4 is 5.73 Å². The van der Waals surface area contributed by atoms with Crippen LogP contribution >= 0.6 is 27.3 Å². The van der Waals surface area contributed by atoms with Crippen molar-refractivity contribution in [1.29, 1.82) is 0 Å². The van der Waals surface area contributed by atoms with Gasteiger partial charge in [-0.25, -0.2) is 4.98 Å². The molecule has 114 valence electrons. The molecule has 0 radical (unpaired) electrons. The SMILES string of the molecule is NCc1c(-c2ccc(Br)cc2)nc2sc(-c3ccccc3)cn12. The second-order valence-corrected chi connectivity index (χ2v) is 7.16. The number of hydrogen-bond donors (Lipinski definition) is 1. The average Bonchev–Trinajstić information content (AvgIpc) is 3.14. The Morgan fingerprint density at radius 1 is 1.00 bits per heavy atom.